The number of hydrogen-bond acceptors (Lipinski definition) is 3. The van der Waals surface area contributed by atoms with Crippen molar-refractivity contribution in [2.75, 3.05) is 32.0 Å². The molecule has 7 heteroatoms. The molecule has 1 amide bonds. The molecule has 2 heterocycles. The summed E-state index contributed by atoms with van der Waals surface area (Å²) in [6.07, 6.45) is 4.51. The standard InChI is InChI=1S/C25H33N5O.HI/c1-26-25(28-17-21-15-24(31)29-23-8-4-3-7-22(21)23)27-16-19-9-11-20(12-10-19)18-30-13-5-2-6-14-30;/h3-4,7-12,21H,2,5-6,13-18H2,1H3,(H,29,31)(H2,26,27,28);1H. The van der Waals surface area contributed by atoms with Gasteiger partial charge in [0.05, 0.1) is 0 Å². The Morgan fingerprint density at radius 3 is 2.50 bits per heavy atom. The molecule has 4 rings (SSSR count). The Labute approximate surface area is 208 Å². The zero-order chi connectivity index (χ0) is 21.5. The fourth-order valence-corrected chi connectivity index (χ4v) is 4.45. The number of rotatable bonds is 6. The Morgan fingerprint density at radius 2 is 1.75 bits per heavy atom. The number of carbonyl (C=O) groups excluding carboxylic acids is 1. The van der Waals surface area contributed by atoms with E-state index in [1.807, 2.05) is 18.2 Å². The van der Waals surface area contributed by atoms with E-state index in [1.54, 1.807) is 7.05 Å². The lowest BCUT2D eigenvalue weighted by Crippen LogP contribution is -2.40. The molecule has 2 aliphatic rings. The van der Waals surface area contributed by atoms with Crippen LogP contribution in [0.4, 0.5) is 5.69 Å². The Morgan fingerprint density at radius 1 is 1.03 bits per heavy atom. The topological polar surface area (TPSA) is 68.8 Å². The first-order valence-corrected chi connectivity index (χ1v) is 11.3. The molecule has 2 aromatic rings. The van der Waals surface area contributed by atoms with Gasteiger partial charge in [0.25, 0.3) is 0 Å². The van der Waals surface area contributed by atoms with Crippen LogP contribution in [-0.4, -0.2) is 43.4 Å². The largest absolute Gasteiger partial charge is 0.356 e. The van der Waals surface area contributed by atoms with Crippen molar-refractivity contribution in [3.8, 4) is 0 Å². The molecule has 2 aliphatic heterocycles. The number of carbonyl (C=O) groups is 1. The zero-order valence-corrected chi connectivity index (χ0v) is 21.1. The normalized spacial score (nSPS) is 18.8. The molecule has 1 unspecified atom stereocenters. The average molecular weight is 547 g/mol. The second-order valence-corrected chi connectivity index (χ2v) is 8.50. The monoisotopic (exact) mass is 547 g/mol. The van der Waals surface area contributed by atoms with Gasteiger partial charge in [-0.3, -0.25) is 14.7 Å². The predicted molar refractivity (Wildman–Crippen MR) is 142 cm³/mol. The van der Waals surface area contributed by atoms with Gasteiger partial charge in [0.1, 0.15) is 0 Å². The Kier molecular flexibility index (Phi) is 9.35. The number of benzene rings is 2. The van der Waals surface area contributed by atoms with Gasteiger partial charge in [-0.2, -0.15) is 0 Å². The van der Waals surface area contributed by atoms with Gasteiger partial charge < -0.3 is 16.0 Å². The van der Waals surface area contributed by atoms with E-state index in [0.29, 0.717) is 19.5 Å². The van der Waals surface area contributed by atoms with Crippen molar-refractivity contribution in [2.45, 2.75) is 44.7 Å². The molecule has 3 N–H and O–H groups in total. The fraction of sp³-hybridized carbons (Fsp3) is 0.440. The minimum atomic E-state index is 0. The van der Waals surface area contributed by atoms with E-state index in [4.69, 9.17) is 0 Å². The first kappa shape index (κ1) is 24.5. The minimum Gasteiger partial charge on any atom is -0.356 e. The Balaban J connectivity index is 0.00000289. The van der Waals surface area contributed by atoms with Crippen LogP contribution in [0.1, 0.15) is 48.3 Å². The maximum atomic E-state index is 12.0. The molecular formula is C25H34IN5O. The lowest BCUT2D eigenvalue weighted by Gasteiger charge is -2.26. The van der Waals surface area contributed by atoms with Crippen LogP contribution in [0.2, 0.25) is 0 Å². The third-order valence-electron chi connectivity index (χ3n) is 6.18. The van der Waals surface area contributed by atoms with Crippen LogP contribution in [0.15, 0.2) is 53.5 Å². The molecule has 1 fully saturated rings. The molecule has 0 spiro atoms. The van der Waals surface area contributed by atoms with Crippen LogP contribution in [0.3, 0.4) is 0 Å². The van der Waals surface area contributed by atoms with E-state index >= 15 is 0 Å². The van der Waals surface area contributed by atoms with E-state index in [0.717, 1.165) is 18.2 Å². The summed E-state index contributed by atoms with van der Waals surface area (Å²) in [6, 6.07) is 16.9. The van der Waals surface area contributed by atoms with Gasteiger partial charge in [-0.15, -0.1) is 24.0 Å². The summed E-state index contributed by atoms with van der Waals surface area (Å²) in [4.78, 5) is 18.9. The highest BCUT2D eigenvalue weighted by Gasteiger charge is 2.24. The average Bonchev–Trinajstić information content (AvgIpc) is 2.80. The number of anilines is 1. The van der Waals surface area contributed by atoms with Crippen molar-refractivity contribution in [2.24, 2.45) is 4.99 Å². The van der Waals surface area contributed by atoms with Gasteiger partial charge in [-0.1, -0.05) is 48.9 Å². The van der Waals surface area contributed by atoms with Crippen molar-refractivity contribution in [3.63, 3.8) is 0 Å². The Hall–Kier alpha value is -2.13. The lowest BCUT2D eigenvalue weighted by atomic mass is 9.90. The van der Waals surface area contributed by atoms with Crippen LogP contribution in [0.25, 0.3) is 0 Å². The summed E-state index contributed by atoms with van der Waals surface area (Å²) >= 11 is 0. The van der Waals surface area contributed by atoms with Crippen molar-refractivity contribution in [1.29, 1.82) is 0 Å². The molecule has 172 valence electrons. The number of piperidine rings is 1. The maximum Gasteiger partial charge on any atom is 0.225 e. The first-order chi connectivity index (χ1) is 15.2. The lowest BCUT2D eigenvalue weighted by molar-refractivity contribution is -0.116. The third-order valence-corrected chi connectivity index (χ3v) is 6.18. The van der Waals surface area contributed by atoms with Crippen LogP contribution >= 0.6 is 24.0 Å². The minimum absolute atomic E-state index is 0. The maximum absolute atomic E-state index is 12.0. The second-order valence-electron chi connectivity index (χ2n) is 8.50. The van der Waals surface area contributed by atoms with Crippen LogP contribution < -0.4 is 16.0 Å². The van der Waals surface area contributed by atoms with Gasteiger partial charge in [0, 0.05) is 44.7 Å². The smallest absolute Gasteiger partial charge is 0.225 e. The molecule has 0 aromatic heterocycles. The number of nitrogens with one attached hydrogen (secondary N) is 3. The van der Waals surface area contributed by atoms with E-state index in [1.165, 1.54) is 49.0 Å². The number of halogens is 1. The van der Waals surface area contributed by atoms with Crippen molar-refractivity contribution in [3.05, 3.63) is 65.2 Å². The summed E-state index contributed by atoms with van der Waals surface area (Å²) in [5, 5.41) is 9.73. The molecule has 0 saturated carbocycles. The molecular weight excluding hydrogens is 513 g/mol. The van der Waals surface area contributed by atoms with Crippen molar-refractivity contribution < 1.29 is 4.79 Å². The van der Waals surface area contributed by atoms with Crippen LogP contribution in [0, 0.1) is 0 Å². The van der Waals surface area contributed by atoms with Crippen LogP contribution in [-0.2, 0) is 17.9 Å². The quantitative estimate of drug-likeness (QED) is 0.290. The van der Waals surface area contributed by atoms with Gasteiger partial charge in [-0.05, 0) is 48.7 Å². The number of amides is 1. The summed E-state index contributed by atoms with van der Waals surface area (Å²) in [7, 11) is 1.78. The Bertz CT molecular complexity index is 909. The summed E-state index contributed by atoms with van der Waals surface area (Å²) in [6.45, 7) is 4.87. The number of para-hydroxylation sites is 1. The molecule has 1 atom stereocenters. The molecule has 0 radical (unpaired) electrons. The molecule has 2 aromatic carbocycles. The third kappa shape index (κ3) is 6.68. The highest BCUT2D eigenvalue weighted by atomic mass is 127. The number of fused-ring (bicyclic) bond motifs is 1. The van der Waals surface area contributed by atoms with E-state index in [9.17, 15) is 4.79 Å². The molecule has 0 aliphatic carbocycles. The molecule has 1 saturated heterocycles. The van der Waals surface area contributed by atoms with Gasteiger partial charge in [0.2, 0.25) is 5.91 Å². The highest BCUT2D eigenvalue weighted by molar-refractivity contribution is 14.0. The molecule has 32 heavy (non-hydrogen) atoms. The van der Waals surface area contributed by atoms with Crippen molar-refractivity contribution >= 4 is 41.5 Å². The van der Waals surface area contributed by atoms with E-state index in [2.05, 4.69) is 56.2 Å². The number of hydrogen-bond donors (Lipinski definition) is 3. The van der Waals surface area contributed by atoms with E-state index in [-0.39, 0.29) is 35.8 Å². The number of guanidine groups is 1. The van der Waals surface area contributed by atoms with Gasteiger partial charge >= 0.3 is 0 Å². The van der Waals surface area contributed by atoms with E-state index < -0.39 is 0 Å². The van der Waals surface area contributed by atoms with Crippen molar-refractivity contribution in [1.82, 2.24) is 15.5 Å². The summed E-state index contributed by atoms with van der Waals surface area (Å²) in [5.41, 5.74) is 4.70. The molecule has 0 bridgehead atoms. The highest BCUT2D eigenvalue weighted by Crippen LogP contribution is 2.31. The fourth-order valence-electron chi connectivity index (χ4n) is 4.45. The SMILES string of the molecule is CN=C(NCc1ccc(CN2CCCCC2)cc1)NCC1CC(=O)Nc2ccccc21.I. The second kappa shape index (κ2) is 12.2. The summed E-state index contributed by atoms with van der Waals surface area (Å²) < 4.78 is 0. The number of nitrogens with zero attached hydrogens (tertiary/aromatic N) is 2. The van der Waals surface area contributed by atoms with Crippen LogP contribution in [0.5, 0.6) is 0 Å². The van der Waals surface area contributed by atoms with Gasteiger partial charge in [0.15, 0.2) is 5.96 Å². The number of likely N-dealkylation sites (tertiary alicyclic amines) is 1. The zero-order valence-electron chi connectivity index (χ0n) is 18.8. The predicted octanol–water partition coefficient (Wildman–Crippen LogP) is 4.08. The molecule has 6 nitrogen and oxygen atoms in total. The number of aliphatic imine (C=N–C) groups is 1. The first-order valence-electron chi connectivity index (χ1n) is 11.3. The summed E-state index contributed by atoms with van der Waals surface area (Å²) in [5.74, 6) is 0.955. The van der Waals surface area contributed by atoms with Gasteiger partial charge in [-0.25, -0.2) is 0 Å².